The Balaban J connectivity index is 1.99. The maximum Gasteiger partial charge on any atom is 0.354 e. The van der Waals surface area contributed by atoms with Gasteiger partial charge in [-0.15, -0.1) is 0 Å². The molecule has 0 radical (unpaired) electrons. The lowest BCUT2D eigenvalue weighted by molar-refractivity contribution is -0.122. The van der Waals surface area contributed by atoms with Crippen LogP contribution in [-0.2, 0) is 9.59 Å². The number of nitrogens with one attached hydrogen (secondary N) is 2. The highest BCUT2D eigenvalue weighted by Crippen LogP contribution is 2.11. The van der Waals surface area contributed by atoms with Gasteiger partial charge >= 0.3 is 5.97 Å². The van der Waals surface area contributed by atoms with Crippen molar-refractivity contribution in [2.24, 2.45) is 0 Å². The number of hydrogen-bond donors (Lipinski definition) is 3. The molecule has 7 heteroatoms. The van der Waals surface area contributed by atoms with Crippen molar-refractivity contribution < 1.29 is 19.5 Å². The summed E-state index contributed by atoms with van der Waals surface area (Å²) in [5, 5.41) is 13.8. The highest BCUT2D eigenvalue weighted by molar-refractivity contribution is 5.99. The molecule has 0 unspecified atom stereocenters. The van der Waals surface area contributed by atoms with E-state index in [1.165, 1.54) is 18.3 Å². The van der Waals surface area contributed by atoms with Crippen LogP contribution in [0.25, 0.3) is 0 Å². The van der Waals surface area contributed by atoms with Crippen LogP contribution in [0.4, 0.5) is 5.69 Å². The van der Waals surface area contributed by atoms with E-state index in [9.17, 15) is 14.4 Å². The minimum Gasteiger partial charge on any atom is -0.477 e. The third-order valence-electron chi connectivity index (χ3n) is 2.56. The Morgan fingerprint density at radius 3 is 2.72 bits per heavy atom. The number of nitrogens with zero attached hydrogens (tertiary/aromatic N) is 1. The van der Waals surface area contributed by atoms with Crippen LogP contribution in [0.1, 0.15) is 23.3 Å². The second kappa shape index (κ2) is 4.82. The molecule has 3 N–H and O–H groups in total. The van der Waals surface area contributed by atoms with Crippen LogP contribution in [-0.4, -0.2) is 33.9 Å². The number of aromatic nitrogens is 1. The molecule has 18 heavy (non-hydrogen) atoms. The van der Waals surface area contributed by atoms with E-state index in [1.54, 1.807) is 0 Å². The molecule has 1 aromatic heterocycles. The predicted molar refractivity (Wildman–Crippen MR) is 61.0 cm³/mol. The van der Waals surface area contributed by atoms with Crippen LogP contribution in [0.3, 0.4) is 0 Å². The number of anilines is 1. The highest BCUT2D eigenvalue weighted by atomic mass is 16.4. The van der Waals surface area contributed by atoms with Crippen LogP contribution in [0.2, 0.25) is 0 Å². The Morgan fingerprint density at radius 1 is 1.44 bits per heavy atom. The van der Waals surface area contributed by atoms with Crippen LogP contribution < -0.4 is 10.6 Å². The average Bonchev–Trinajstić information content (AvgIpc) is 2.76. The van der Waals surface area contributed by atoms with Gasteiger partial charge < -0.3 is 15.7 Å². The molecule has 1 atom stereocenters. The molecule has 7 nitrogen and oxygen atoms in total. The molecule has 1 aliphatic rings. The van der Waals surface area contributed by atoms with E-state index in [2.05, 4.69) is 15.6 Å². The largest absolute Gasteiger partial charge is 0.477 e. The first-order chi connectivity index (χ1) is 8.56. The molecular weight excluding hydrogens is 238 g/mol. The van der Waals surface area contributed by atoms with E-state index in [0.29, 0.717) is 18.5 Å². The van der Waals surface area contributed by atoms with Crippen LogP contribution >= 0.6 is 0 Å². The maximum absolute atomic E-state index is 11.7. The molecule has 0 spiro atoms. The van der Waals surface area contributed by atoms with Gasteiger partial charge in [-0.3, -0.25) is 9.59 Å². The van der Waals surface area contributed by atoms with Crippen molar-refractivity contribution in [1.82, 2.24) is 10.3 Å². The molecule has 0 saturated carbocycles. The zero-order chi connectivity index (χ0) is 13.1. The molecule has 2 rings (SSSR count). The fraction of sp³-hybridized carbons (Fsp3) is 0.273. The molecule has 1 fully saturated rings. The number of carboxylic acid groups (broad SMARTS) is 1. The second-order valence-corrected chi connectivity index (χ2v) is 3.89. The summed E-state index contributed by atoms with van der Waals surface area (Å²) >= 11 is 0. The third-order valence-corrected chi connectivity index (χ3v) is 2.56. The Morgan fingerprint density at radius 2 is 2.22 bits per heavy atom. The van der Waals surface area contributed by atoms with Gasteiger partial charge in [0.1, 0.15) is 11.7 Å². The summed E-state index contributed by atoms with van der Waals surface area (Å²) in [6, 6.07) is 2.22. The van der Waals surface area contributed by atoms with Crippen molar-refractivity contribution in [1.29, 1.82) is 0 Å². The number of amides is 2. The van der Waals surface area contributed by atoms with Gasteiger partial charge in [-0.2, -0.15) is 0 Å². The van der Waals surface area contributed by atoms with E-state index in [4.69, 9.17) is 5.11 Å². The molecule has 2 amide bonds. The lowest BCUT2D eigenvalue weighted by Crippen LogP contribution is -2.37. The minimum absolute atomic E-state index is 0.0952. The SMILES string of the molecule is O=C1CC[C@H](C(=O)Nc2ccc(C(=O)O)nc2)N1. The van der Waals surface area contributed by atoms with E-state index < -0.39 is 12.0 Å². The van der Waals surface area contributed by atoms with Gasteiger partial charge in [-0.05, 0) is 18.6 Å². The summed E-state index contributed by atoms with van der Waals surface area (Å²) in [5.41, 5.74) is 0.299. The summed E-state index contributed by atoms with van der Waals surface area (Å²) < 4.78 is 0. The molecule has 1 aliphatic heterocycles. The third kappa shape index (κ3) is 2.62. The van der Waals surface area contributed by atoms with Crippen molar-refractivity contribution in [3.63, 3.8) is 0 Å². The van der Waals surface area contributed by atoms with Crippen molar-refractivity contribution in [2.45, 2.75) is 18.9 Å². The van der Waals surface area contributed by atoms with Gasteiger partial charge in [-0.1, -0.05) is 0 Å². The number of rotatable bonds is 3. The molecule has 94 valence electrons. The monoisotopic (exact) mass is 249 g/mol. The molecule has 0 aliphatic carbocycles. The lowest BCUT2D eigenvalue weighted by atomic mass is 10.2. The lowest BCUT2D eigenvalue weighted by Gasteiger charge is -2.10. The Labute approximate surface area is 102 Å². The summed E-state index contributed by atoms with van der Waals surface area (Å²) in [4.78, 5) is 36.9. The predicted octanol–water partition coefficient (Wildman–Crippen LogP) is -0.00310. The topological polar surface area (TPSA) is 108 Å². The summed E-state index contributed by atoms with van der Waals surface area (Å²) in [6.07, 6.45) is 2.07. The van der Waals surface area contributed by atoms with Crippen molar-refractivity contribution in [3.05, 3.63) is 24.0 Å². The van der Waals surface area contributed by atoms with E-state index in [-0.39, 0.29) is 17.5 Å². The smallest absolute Gasteiger partial charge is 0.354 e. The summed E-state index contributed by atoms with van der Waals surface area (Å²) in [5.74, 6) is -1.60. The molecule has 1 saturated heterocycles. The number of carboxylic acids is 1. The van der Waals surface area contributed by atoms with Crippen molar-refractivity contribution in [2.75, 3.05) is 5.32 Å². The van der Waals surface area contributed by atoms with Crippen molar-refractivity contribution >= 4 is 23.5 Å². The number of carbonyl (C=O) groups excluding carboxylic acids is 2. The van der Waals surface area contributed by atoms with E-state index >= 15 is 0 Å². The van der Waals surface area contributed by atoms with Gasteiger partial charge in [0.2, 0.25) is 11.8 Å². The quantitative estimate of drug-likeness (QED) is 0.698. The van der Waals surface area contributed by atoms with Gasteiger partial charge in [0.15, 0.2) is 0 Å². The van der Waals surface area contributed by atoms with Gasteiger partial charge in [-0.25, -0.2) is 9.78 Å². The zero-order valence-corrected chi connectivity index (χ0v) is 9.34. The summed E-state index contributed by atoms with van der Waals surface area (Å²) in [6.45, 7) is 0. The van der Waals surface area contributed by atoms with Crippen LogP contribution in [0.15, 0.2) is 18.3 Å². The fourth-order valence-corrected chi connectivity index (χ4v) is 1.63. The van der Waals surface area contributed by atoms with Gasteiger partial charge in [0, 0.05) is 6.42 Å². The maximum atomic E-state index is 11.7. The van der Waals surface area contributed by atoms with Gasteiger partial charge in [0.25, 0.3) is 0 Å². The van der Waals surface area contributed by atoms with Gasteiger partial charge in [0.05, 0.1) is 11.9 Å². The fourth-order valence-electron chi connectivity index (χ4n) is 1.63. The van der Waals surface area contributed by atoms with E-state index in [1.807, 2.05) is 0 Å². The van der Waals surface area contributed by atoms with Crippen molar-refractivity contribution in [3.8, 4) is 0 Å². The Bertz CT molecular complexity index is 498. The minimum atomic E-state index is -1.13. The first-order valence-electron chi connectivity index (χ1n) is 5.36. The Kier molecular flexibility index (Phi) is 3.22. The average molecular weight is 249 g/mol. The second-order valence-electron chi connectivity index (χ2n) is 3.89. The number of hydrogen-bond acceptors (Lipinski definition) is 4. The normalized spacial score (nSPS) is 18.2. The van der Waals surface area contributed by atoms with Crippen LogP contribution in [0.5, 0.6) is 0 Å². The first kappa shape index (κ1) is 12.0. The molecule has 1 aromatic rings. The number of carbonyl (C=O) groups is 3. The standard InChI is InChI=1S/C11H11N3O4/c15-9-4-3-7(14-9)10(16)13-6-1-2-8(11(17)18)12-5-6/h1-2,5,7H,3-4H2,(H,13,16)(H,14,15)(H,17,18)/t7-/m1/s1. The zero-order valence-electron chi connectivity index (χ0n) is 9.34. The Hall–Kier alpha value is -2.44. The molecule has 0 aromatic carbocycles. The molecular formula is C11H11N3O4. The van der Waals surface area contributed by atoms with E-state index in [0.717, 1.165) is 0 Å². The molecule has 0 bridgehead atoms. The summed E-state index contributed by atoms with van der Waals surface area (Å²) in [7, 11) is 0. The number of pyridine rings is 1. The van der Waals surface area contributed by atoms with Crippen LogP contribution in [0, 0.1) is 0 Å². The first-order valence-corrected chi connectivity index (χ1v) is 5.36. The number of aromatic carboxylic acids is 1. The molecule has 2 heterocycles. The highest BCUT2D eigenvalue weighted by Gasteiger charge is 2.27.